The van der Waals surface area contributed by atoms with Crippen molar-refractivity contribution < 1.29 is 0 Å². The molecule has 1 rings (SSSR count). The van der Waals surface area contributed by atoms with E-state index in [0.29, 0.717) is 5.82 Å². The molecule has 12 heavy (non-hydrogen) atoms. The molecule has 0 aliphatic heterocycles. The predicted octanol–water partition coefficient (Wildman–Crippen LogP) is 1.12. The second-order valence-electron chi connectivity index (χ2n) is 2.17. The van der Waals surface area contributed by atoms with Crippen LogP contribution in [-0.4, -0.2) is 20.9 Å². The van der Waals surface area contributed by atoms with E-state index >= 15 is 0 Å². The van der Waals surface area contributed by atoms with Crippen LogP contribution in [0.1, 0.15) is 18.6 Å². The summed E-state index contributed by atoms with van der Waals surface area (Å²) in [6, 6.07) is 2.00. The second kappa shape index (κ2) is 4.78. The minimum Gasteiger partial charge on any atom is -0.262 e. The molecular formula is C7H10N4S. The SMILES string of the molecule is CCSCc1nc(CC#N)n[nH]1. The number of H-pyrrole nitrogens is 1. The highest BCUT2D eigenvalue weighted by Gasteiger charge is 2.00. The molecule has 0 radical (unpaired) electrons. The van der Waals surface area contributed by atoms with Gasteiger partial charge < -0.3 is 0 Å². The summed E-state index contributed by atoms with van der Waals surface area (Å²) in [6.45, 7) is 2.09. The third kappa shape index (κ3) is 2.55. The van der Waals surface area contributed by atoms with Crippen LogP contribution in [-0.2, 0) is 12.2 Å². The lowest BCUT2D eigenvalue weighted by Gasteiger charge is -1.90. The molecule has 0 unspecified atom stereocenters. The van der Waals surface area contributed by atoms with Crippen LogP contribution in [0.5, 0.6) is 0 Å². The monoisotopic (exact) mass is 182 g/mol. The van der Waals surface area contributed by atoms with Gasteiger partial charge in [0.05, 0.1) is 18.2 Å². The van der Waals surface area contributed by atoms with Gasteiger partial charge in [-0.25, -0.2) is 4.98 Å². The summed E-state index contributed by atoms with van der Waals surface area (Å²) < 4.78 is 0. The Morgan fingerprint density at radius 3 is 3.17 bits per heavy atom. The van der Waals surface area contributed by atoms with Crippen LogP contribution in [0, 0.1) is 11.3 Å². The number of aromatic nitrogens is 3. The van der Waals surface area contributed by atoms with Crippen LogP contribution >= 0.6 is 11.8 Å². The molecule has 0 aromatic carbocycles. The highest BCUT2D eigenvalue weighted by molar-refractivity contribution is 7.98. The summed E-state index contributed by atoms with van der Waals surface area (Å²) in [5.41, 5.74) is 0. The summed E-state index contributed by atoms with van der Waals surface area (Å²) in [6.07, 6.45) is 0.285. The number of hydrogen-bond acceptors (Lipinski definition) is 4. The number of nitriles is 1. The van der Waals surface area contributed by atoms with Crippen molar-refractivity contribution in [2.24, 2.45) is 0 Å². The smallest absolute Gasteiger partial charge is 0.164 e. The van der Waals surface area contributed by atoms with E-state index in [-0.39, 0.29) is 6.42 Å². The minimum absolute atomic E-state index is 0.285. The molecule has 0 aliphatic rings. The molecule has 5 heteroatoms. The molecule has 1 aromatic rings. The van der Waals surface area contributed by atoms with Gasteiger partial charge in [0.15, 0.2) is 5.82 Å². The number of nitrogens with one attached hydrogen (secondary N) is 1. The summed E-state index contributed by atoms with van der Waals surface area (Å²) >= 11 is 1.78. The Balaban J connectivity index is 2.48. The number of nitrogens with zero attached hydrogens (tertiary/aromatic N) is 3. The fourth-order valence-corrected chi connectivity index (χ4v) is 1.27. The van der Waals surface area contributed by atoms with Crippen molar-refractivity contribution in [3.63, 3.8) is 0 Å². The van der Waals surface area contributed by atoms with Crippen molar-refractivity contribution in [1.29, 1.82) is 5.26 Å². The van der Waals surface area contributed by atoms with E-state index in [2.05, 4.69) is 22.1 Å². The lowest BCUT2D eigenvalue weighted by molar-refractivity contribution is 0.986. The fraction of sp³-hybridized carbons (Fsp3) is 0.571. The fourth-order valence-electron chi connectivity index (χ4n) is 0.748. The van der Waals surface area contributed by atoms with Gasteiger partial charge in [-0.1, -0.05) is 6.92 Å². The quantitative estimate of drug-likeness (QED) is 0.758. The second-order valence-corrected chi connectivity index (χ2v) is 3.44. The maximum Gasteiger partial charge on any atom is 0.164 e. The van der Waals surface area contributed by atoms with Gasteiger partial charge in [-0.15, -0.1) is 0 Å². The van der Waals surface area contributed by atoms with Gasteiger partial charge >= 0.3 is 0 Å². The van der Waals surface area contributed by atoms with E-state index in [1.54, 1.807) is 11.8 Å². The highest BCUT2D eigenvalue weighted by Crippen LogP contribution is 2.06. The Labute approximate surface area is 75.4 Å². The maximum absolute atomic E-state index is 8.36. The van der Waals surface area contributed by atoms with E-state index in [4.69, 9.17) is 5.26 Å². The lowest BCUT2D eigenvalue weighted by Crippen LogP contribution is -1.85. The van der Waals surface area contributed by atoms with E-state index in [1.807, 2.05) is 6.07 Å². The highest BCUT2D eigenvalue weighted by atomic mass is 32.2. The van der Waals surface area contributed by atoms with Crippen molar-refractivity contribution in [3.8, 4) is 6.07 Å². The maximum atomic E-state index is 8.36. The molecule has 4 nitrogen and oxygen atoms in total. The van der Waals surface area contributed by atoms with Crippen LogP contribution in [0.2, 0.25) is 0 Å². The Kier molecular flexibility index (Phi) is 3.61. The molecule has 0 amide bonds. The molecular weight excluding hydrogens is 172 g/mol. The van der Waals surface area contributed by atoms with Crippen molar-refractivity contribution in [3.05, 3.63) is 11.6 Å². The normalized spacial score (nSPS) is 9.67. The zero-order valence-corrected chi connectivity index (χ0v) is 7.69. The average Bonchev–Trinajstić information content (AvgIpc) is 2.50. The zero-order valence-electron chi connectivity index (χ0n) is 6.87. The van der Waals surface area contributed by atoms with Gasteiger partial charge in [0, 0.05) is 0 Å². The first kappa shape index (κ1) is 9.07. The number of thioether (sulfide) groups is 1. The van der Waals surface area contributed by atoms with Gasteiger partial charge in [0.1, 0.15) is 5.82 Å². The molecule has 0 spiro atoms. The van der Waals surface area contributed by atoms with E-state index < -0.39 is 0 Å². The van der Waals surface area contributed by atoms with Gasteiger partial charge in [0.25, 0.3) is 0 Å². The predicted molar refractivity (Wildman–Crippen MR) is 47.5 cm³/mol. The molecule has 0 saturated carbocycles. The van der Waals surface area contributed by atoms with E-state index in [1.165, 1.54) is 0 Å². The third-order valence-corrected chi connectivity index (χ3v) is 2.14. The van der Waals surface area contributed by atoms with Gasteiger partial charge in [-0.05, 0) is 5.75 Å². The Bertz CT molecular complexity index is 275. The first-order valence-corrected chi connectivity index (χ1v) is 4.87. The average molecular weight is 182 g/mol. The first-order chi connectivity index (χ1) is 5.86. The Hall–Kier alpha value is -1.02. The molecule has 1 aromatic heterocycles. The number of hydrogen-bond donors (Lipinski definition) is 1. The first-order valence-electron chi connectivity index (χ1n) is 3.71. The van der Waals surface area contributed by atoms with Crippen LogP contribution < -0.4 is 0 Å². The number of aromatic amines is 1. The molecule has 0 fully saturated rings. The van der Waals surface area contributed by atoms with Gasteiger partial charge in [0.2, 0.25) is 0 Å². The van der Waals surface area contributed by atoms with Crippen molar-refractivity contribution in [2.45, 2.75) is 19.1 Å². The molecule has 0 bridgehead atoms. The van der Waals surface area contributed by atoms with Crippen molar-refractivity contribution >= 4 is 11.8 Å². The van der Waals surface area contributed by atoms with Gasteiger partial charge in [-0.3, -0.25) is 5.10 Å². The van der Waals surface area contributed by atoms with Crippen LogP contribution in [0.25, 0.3) is 0 Å². The summed E-state index contributed by atoms with van der Waals surface area (Å²) in [5, 5.41) is 15.0. The van der Waals surface area contributed by atoms with E-state index in [0.717, 1.165) is 17.3 Å². The molecule has 1 heterocycles. The Morgan fingerprint density at radius 1 is 1.67 bits per heavy atom. The van der Waals surface area contributed by atoms with Crippen LogP contribution in [0.4, 0.5) is 0 Å². The molecule has 1 N–H and O–H groups in total. The zero-order chi connectivity index (χ0) is 8.81. The molecule has 64 valence electrons. The minimum atomic E-state index is 0.285. The van der Waals surface area contributed by atoms with Crippen LogP contribution in [0.15, 0.2) is 0 Å². The summed E-state index contributed by atoms with van der Waals surface area (Å²) in [7, 11) is 0. The molecule has 0 atom stereocenters. The van der Waals surface area contributed by atoms with Crippen molar-refractivity contribution in [2.75, 3.05) is 5.75 Å². The van der Waals surface area contributed by atoms with Crippen LogP contribution in [0.3, 0.4) is 0 Å². The van der Waals surface area contributed by atoms with Gasteiger partial charge in [-0.2, -0.15) is 22.1 Å². The Morgan fingerprint density at radius 2 is 2.50 bits per heavy atom. The van der Waals surface area contributed by atoms with Crippen molar-refractivity contribution in [1.82, 2.24) is 15.2 Å². The third-order valence-electron chi connectivity index (χ3n) is 1.26. The summed E-state index contributed by atoms with van der Waals surface area (Å²) in [4.78, 5) is 4.13. The topological polar surface area (TPSA) is 65.4 Å². The van der Waals surface area contributed by atoms with E-state index in [9.17, 15) is 0 Å². The largest absolute Gasteiger partial charge is 0.262 e. The lowest BCUT2D eigenvalue weighted by atomic mass is 10.5. The molecule has 0 saturated heterocycles. The summed E-state index contributed by atoms with van der Waals surface area (Å²) in [5.74, 6) is 3.35. The number of rotatable bonds is 4. The molecule has 0 aliphatic carbocycles. The standard InChI is InChI=1S/C7H10N4S/c1-2-12-5-7-9-6(3-4-8)10-11-7/h2-3,5H2,1H3,(H,9,10,11).